The number of fused-ring (bicyclic) bond motifs is 1. The van der Waals surface area contributed by atoms with Gasteiger partial charge in [0.25, 0.3) is 10.0 Å². The lowest BCUT2D eigenvalue weighted by molar-refractivity contribution is 0.379. The van der Waals surface area contributed by atoms with Crippen molar-refractivity contribution in [3.8, 4) is 0 Å². The summed E-state index contributed by atoms with van der Waals surface area (Å²) in [5, 5.41) is 1.81. The third-order valence-electron chi connectivity index (χ3n) is 2.98. The summed E-state index contributed by atoms with van der Waals surface area (Å²) in [5.41, 5.74) is 2.35. The zero-order chi connectivity index (χ0) is 15.6. The van der Waals surface area contributed by atoms with Gasteiger partial charge in [-0.25, -0.2) is 19.0 Å². The average molecular weight is 332 g/mol. The first-order valence-corrected chi connectivity index (χ1v) is 8.80. The summed E-state index contributed by atoms with van der Waals surface area (Å²) in [7, 11) is 0.189. The lowest BCUT2D eigenvalue weighted by atomic mass is 10.2. The minimum atomic E-state index is -3.71. The van der Waals surface area contributed by atoms with E-state index in [0.717, 1.165) is 6.54 Å². The number of hydrazine groups is 1. The van der Waals surface area contributed by atoms with Crippen LogP contribution in [0.2, 0.25) is 0 Å². The van der Waals surface area contributed by atoms with Crippen LogP contribution in [-0.4, -0.2) is 49.4 Å². The first-order chi connectivity index (χ1) is 9.85. The van der Waals surface area contributed by atoms with Gasteiger partial charge in [-0.2, -0.15) is 4.98 Å². The molecule has 0 fully saturated rings. The van der Waals surface area contributed by atoms with Crippen LogP contribution in [0.1, 0.15) is 13.3 Å². The highest BCUT2D eigenvalue weighted by Gasteiger charge is 2.27. The fourth-order valence-electron chi connectivity index (χ4n) is 1.95. The normalized spacial score (nSPS) is 14.0. The molecule has 0 aliphatic rings. The van der Waals surface area contributed by atoms with Crippen LogP contribution in [0.5, 0.6) is 0 Å². The predicted octanol–water partition coefficient (Wildman–Crippen LogP) is 0.300. The Kier molecular flexibility index (Phi) is 4.84. The molecule has 2 aromatic heterocycles. The molecule has 118 valence electrons. The third kappa shape index (κ3) is 3.52. The molecular formula is C11H20N6O2S2. The van der Waals surface area contributed by atoms with Crippen molar-refractivity contribution in [1.29, 1.82) is 0 Å². The molecule has 0 aromatic carbocycles. The van der Waals surface area contributed by atoms with E-state index in [9.17, 15) is 8.42 Å². The summed E-state index contributed by atoms with van der Waals surface area (Å²) in [6.07, 6.45) is 2.37. The van der Waals surface area contributed by atoms with Crippen molar-refractivity contribution in [1.82, 2.24) is 19.0 Å². The third-order valence-corrected chi connectivity index (χ3v) is 5.34. The molecule has 1 atom stereocenters. The van der Waals surface area contributed by atoms with Crippen LogP contribution in [0.4, 0.5) is 5.82 Å². The minimum Gasteiger partial charge on any atom is -0.309 e. The lowest BCUT2D eigenvalue weighted by Gasteiger charge is -2.16. The van der Waals surface area contributed by atoms with Crippen LogP contribution in [0.25, 0.3) is 4.96 Å². The van der Waals surface area contributed by atoms with Gasteiger partial charge in [-0.05, 0) is 34.0 Å². The quantitative estimate of drug-likeness (QED) is 0.497. The number of imidazole rings is 1. The van der Waals surface area contributed by atoms with Gasteiger partial charge in [0.1, 0.15) is 0 Å². The van der Waals surface area contributed by atoms with Gasteiger partial charge in [0.2, 0.25) is 5.03 Å². The van der Waals surface area contributed by atoms with Crippen molar-refractivity contribution in [3.05, 3.63) is 11.6 Å². The summed E-state index contributed by atoms with van der Waals surface area (Å²) >= 11 is 1.34. The summed E-state index contributed by atoms with van der Waals surface area (Å²) in [6.45, 7) is 2.63. The van der Waals surface area contributed by atoms with E-state index < -0.39 is 10.0 Å². The highest BCUT2D eigenvalue weighted by atomic mass is 32.2. The maximum atomic E-state index is 12.6. The largest absolute Gasteiger partial charge is 0.309 e. The lowest BCUT2D eigenvalue weighted by Crippen LogP contribution is -2.35. The Labute approximate surface area is 128 Å². The molecule has 0 saturated heterocycles. The van der Waals surface area contributed by atoms with Crippen molar-refractivity contribution in [2.45, 2.75) is 24.4 Å². The van der Waals surface area contributed by atoms with Gasteiger partial charge in [0, 0.05) is 17.6 Å². The second-order valence-electron chi connectivity index (χ2n) is 5.08. The molecule has 21 heavy (non-hydrogen) atoms. The molecule has 8 nitrogen and oxygen atoms in total. The van der Waals surface area contributed by atoms with Gasteiger partial charge in [0.05, 0.1) is 0 Å². The van der Waals surface area contributed by atoms with Gasteiger partial charge in [-0.3, -0.25) is 4.40 Å². The Morgan fingerprint density at radius 2 is 2.24 bits per heavy atom. The van der Waals surface area contributed by atoms with Crippen LogP contribution < -0.4 is 16.0 Å². The Morgan fingerprint density at radius 1 is 1.52 bits per heavy atom. The van der Waals surface area contributed by atoms with Crippen LogP contribution in [0.15, 0.2) is 16.6 Å². The van der Waals surface area contributed by atoms with E-state index in [0.29, 0.717) is 11.4 Å². The zero-order valence-corrected chi connectivity index (χ0v) is 13.8. The number of nitrogen functional groups attached to an aromatic ring is 1. The number of rotatable bonds is 7. The van der Waals surface area contributed by atoms with Gasteiger partial charge >= 0.3 is 0 Å². The Hall–Kier alpha value is -1.20. The van der Waals surface area contributed by atoms with Gasteiger partial charge in [-0.1, -0.05) is 0 Å². The predicted molar refractivity (Wildman–Crippen MR) is 83.8 cm³/mol. The van der Waals surface area contributed by atoms with Crippen molar-refractivity contribution >= 4 is 32.1 Å². The van der Waals surface area contributed by atoms with E-state index >= 15 is 0 Å². The maximum Gasteiger partial charge on any atom is 0.260 e. The standard InChI is InChI=1S/C11H20N6O2S2/c1-8(4-5-16(2)3)15-21(18,19)10-9(14-12)13-11-17(10)6-7-20-11/h6-8,14-15H,4-5,12H2,1-3H3. The molecule has 1 unspecified atom stereocenters. The minimum absolute atomic E-state index is 0.0398. The van der Waals surface area contributed by atoms with E-state index in [1.54, 1.807) is 11.6 Å². The van der Waals surface area contributed by atoms with Gasteiger partial charge in [-0.15, -0.1) is 11.3 Å². The monoisotopic (exact) mass is 332 g/mol. The molecule has 4 N–H and O–H groups in total. The number of thiazole rings is 1. The van der Waals surface area contributed by atoms with Crippen LogP contribution in [0.3, 0.4) is 0 Å². The van der Waals surface area contributed by atoms with Crippen molar-refractivity contribution in [2.75, 3.05) is 26.1 Å². The molecule has 2 aromatic rings. The second-order valence-corrected chi connectivity index (χ2v) is 7.58. The number of nitrogens with one attached hydrogen (secondary N) is 2. The van der Waals surface area contributed by atoms with E-state index in [1.165, 1.54) is 15.7 Å². The number of nitrogens with two attached hydrogens (primary N) is 1. The molecule has 0 saturated carbocycles. The van der Waals surface area contributed by atoms with E-state index in [1.807, 2.05) is 25.9 Å². The number of hydrogen-bond donors (Lipinski definition) is 3. The molecule has 0 spiro atoms. The molecule has 2 heterocycles. The van der Waals surface area contributed by atoms with Crippen molar-refractivity contribution in [3.63, 3.8) is 0 Å². The zero-order valence-electron chi connectivity index (χ0n) is 12.2. The highest BCUT2D eigenvalue weighted by Crippen LogP contribution is 2.25. The fourth-order valence-corrected chi connectivity index (χ4v) is 4.24. The van der Waals surface area contributed by atoms with Crippen molar-refractivity contribution < 1.29 is 8.42 Å². The first kappa shape index (κ1) is 16.2. The summed E-state index contributed by atoms with van der Waals surface area (Å²) in [4.78, 5) is 6.74. The SMILES string of the molecule is CC(CCN(C)C)NS(=O)(=O)c1c(NN)nc2sccn12. The van der Waals surface area contributed by atoms with Crippen LogP contribution in [-0.2, 0) is 10.0 Å². The van der Waals surface area contributed by atoms with E-state index in [4.69, 9.17) is 5.84 Å². The molecule has 0 amide bonds. The van der Waals surface area contributed by atoms with Crippen LogP contribution >= 0.6 is 11.3 Å². The van der Waals surface area contributed by atoms with E-state index in [2.05, 4.69) is 15.1 Å². The Bertz CT molecular complexity index is 705. The first-order valence-electron chi connectivity index (χ1n) is 6.44. The number of nitrogens with zero attached hydrogens (tertiary/aromatic N) is 3. The van der Waals surface area contributed by atoms with Crippen LogP contribution in [0, 0.1) is 0 Å². The van der Waals surface area contributed by atoms with E-state index in [-0.39, 0.29) is 16.9 Å². The topological polar surface area (TPSA) is 105 Å². The number of aromatic nitrogens is 2. The molecule has 0 radical (unpaired) electrons. The van der Waals surface area contributed by atoms with Crippen molar-refractivity contribution in [2.24, 2.45) is 5.84 Å². The Morgan fingerprint density at radius 3 is 2.86 bits per heavy atom. The molecule has 0 bridgehead atoms. The Balaban J connectivity index is 2.27. The van der Waals surface area contributed by atoms with Gasteiger partial charge < -0.3 is 10.3 Å². The van der Waals surface area contributed by atoms with Gasteiger partial charge in [0.15, 0.2) is 10.8 Å². The average Bonchev–Trinajstić information content (AvgIpc) is 2.94. The molecule has 10 heteroatoms. The number of anilines is 1. The molecule has 2 rings (SSSR count). The summed E-state index contributed by atoms with van der Waals surface area (Å²) in [6, 6.07) is -0.188. The molecule has 0 aliphatic carbocycles. The smallest absolute Gasteiger partial charge is 0.260 e. The molecular weight excluding hydrogens is 312 g/mol. The number of sulfonamides is 1. The highest BCUT2D eigenvalue weighted by molar-refractivity contribution is 7.89. The maximum absolute atomic E-state index is 12.6. The molecule has 0 aliphatic heterocycles. The summed E-state index contributed by atoms with van der Waals surface area (Å²) in [5.74, 6) is 5.53. The number of hydrogen-bond acceptors (Lipinski definition) is 7. The second kappa shape index (κ2) is 6.28. The summed E-state index contributed by atoms with van der Waals surface area (Å²) < 4.78 is 29.3. The fraction of sp³-hybridized carbons (Fsp3) is 0.545.